The Bertz CT molecular complexity index is 529. The molecular formula is C19H26N2O. The maximum absolute atomic E-state index is 12.0. The first-order chi connectivity index (χ1) is 10.8. The Kier molecular flexibility index (Phi) is 4.01. The summed E-state index contributed by atoms with van der Waals surface area (Å²) >= 11 is 0. The number of Topliss-reactive ketones (excluding diaryl/α,β-unsaturated/α-hetero) is 1. The van der Waals surface area contributed by atoms with Crippen LogP contribution in [0.25, 0.3) is 0 Å². The standard InChI is InChI=1S/C19H26N2O/c22-19-8-4-7-18(19)21-13-16-9-10-20(12-17(16)14-21)11-15-5-2-1-3-6-15/h1-3,5-6,16-18H,4,7-14H2. The highest BCUT2D eigenvalue weighted by atomic mass is 16.1. The molecule has 0 radical (unpaired) electrons. The van der Waals surface area contributed by atoms with E-state index in [1.807, 2.05) is 0 Å². The maximum Gasteiger partial charge on any atom is 0.149 e. The average molecular weight is 298 g/mol. The third-order valence-corrected chi connectivity index (χ3v) is 5.88. The number of carbonyl (C=O) groups is 1. The molecule has 1 aromatic rings. The fraction of sp³-hybridized carbons (Fsp3) is 0.632. The van der Waals surface area contributed by atoms with Crippen LogP contribution in [0.2, 0.25) is 0 Å². The molecule has 2 heterocycles. The van der Waals surface area contributed by atoms with Crippen LogP contribution in [0.5, 0.6) is 0 Å². The zero-order valence-electron chi connectivity index (χ0n) is 13.3. The molecule has 0 N–H and O–H groups in total. The van der Waals surface area contributed by atoms with Crippen molar-refractivity contribution in [1.29, 1.82) is 0 Å². The van der Waals surface area contributed by atoms with Gasteiger partial charge in [0.25, 0.3) is 0 Å². The molecule has 3 unspecified atom stereocenters. The van der Waals surface area contributed by atoms with Crippen LogP contribution >= 0.6 is 0 Å². The molecule has 3 aliphatic rings. The second-order valence-electron chi connectivity index (χ2n) is 7.36. The van der Waals surface area contributed by atoms with E-state index < -0.39 is 0 Å². The van der Waals surface area contributed by atoms with Crippen molar-refractivity contribution in [3.63, 3.8) is 0 Å². The third-order valence-electron chi connectivity index (χ3n) is 5.88. The number of hydrogen-bond donors (Lipinski definition) is 0. The number of rotatable bonds is 3. The molecular weight excluding hydrogens is 272 g/mol. The molecule has 3 heteroatoms. The molecule has 1 saturated carbocycles. The van der Waals surface area contributed by atoms with Crippen molar-refractivity contribution >= 4 is 5.78 Å². The molecule has 0 aromatic heterocycles. The van der Waals surface area contributed by atoms with E-state index in [0.29, 0.717) is 5.78 Å². The normalized spacial score (nSPS) is 33.3. The molecule has 3 nitrogen and oxygen atoms in total. The number of ketones is 1. The largest absolute Gasteiger partial charge is 0.299 e. The smallest absolute Gasteiger partial charge is 0.149 e. The van der Waals surface area contributed by atoms with Crippen LogP contribution in [-0.4, -0.2) is 47.8 Å². The number of fused-ring (bicyclic) bond motifs is 1. The van der Waals surface area contributed by atoms with E-state index in [2.05, 4.69) is 40.1 Å². The second-order valence-corrected chi connectivity index (χ2v) is 7.36. The predicted molar refractivity (Wildman–Crippen MR) is 87.5 cm³/mol. The SMILES string of the molecule is O=C1CCCC1N1CC2CCN(Cc3ccccc3)CC2C1. The lowest BCUT2D eigenvalue weighted by molar-refractivity contribution is -0.121. The number of likely N-dealkylation sites (tertiary alicyclic amines) is 2. The Morgan fingerprint density at radius 2 is 1.82 bits per heavy atom. The van der Waals surface area contributed by atoms with Gasteiger partial charge in [-0.15, -0.1) is 0 Å². The van der Waals surface area contributed by atoms with Gasteiger partial charge in [-0.1, -0.05) is 30.3 Å². The van der Waals surface area contributed by atoms with Crippen LogP contribution in [-0.2, 0) is 11.3 Å². The Balaban J connectivity index is 1.36. The van der Waals surface area contributed by atoms with E-state index in [9.17, 15) is 4.79 Å². The van der Waals surface area contributed by atoms with Crippen molar-refractivity contribution in [2.24, 2.45) is 11.8 Å². The summed E-state index contributed by atoms with van der Waals surface area (Å²) in [4.78, 5) is 17.1. The van der Waals surface area contributed by atoms with Gasteiger partial charge in [0.2, 0.25) is 0 Å². The molecule has 3 atom stereocenters. The van der Waals surface area contributed by atoms with E-state index in [1.54, 1.807) is 0 Å². The lowest BCUT2D eigenvalue weighted by Crippen LogP contribution is -2.39. The molecule has 0 bridgehead atoms. The summed E-state index contributed by atoms with van der Waals surface area (Å²) in [6.45, 7) is 5.80. The topological polar surface area (TPSA) is 23.6 Å². The van der Waals surface area contributed by atoms with Crippen LogP contribution in [0.1, 0.15) is 31.2 Å². The molecule has 0 spiro atoms. The van der Waals surface area contributed by atoms with Gasteiger partial charge in [-0.3, -0.25) is 14.6 Å². The third kappa shape index (κ3) is 2.84. The highest BCUT2D eigenvalue weighted by molar-refractivity contribution is 5.85. The van der Waals surface area contributed by atoms with Crippen LogP contribution in [0.4, 0.5) is 0 Å². The molecule has 1 aromatic carbocycles. The van der Waals surface area contributed by atoms with Crippen molar-refractivity contribution in [2.75, 3.05) is 26.2 Å². The van der Waals surface area contributed by atoms with E-state index in [4.69, 9.17) is 0 Å². The predicted octanol–water partition coefficient (Wildman–Crippen LogP) is 2.56. The Morgan fingerprint density at radius 1 is 1.00 bits per heavy atom. The molecule has 2 saturated heterocycles. The van der Waals surface area contributed by atoms with Crippen molar-refractivity contribution in [1.82, 2.24) is 9.80 Å². The van der Waals surface area contributed by atoms with Crippen molar-refractivity contribution < 1.29 is 4.79 Å². The zero-order valence-corrected chi connectivity index (χ0v) is 13.3. The van der Waals surface area contributed by atoms with E-state index in [0.717, 1.165) is 44.2 Å². The first kappa shape index (κ1) is 14.4. The second kappa shape index (κ2) is 6.13. The average Bonchev–Trinajstić information content (AvgIpc) is 3.13. The maximum atomic E-state index is 12.0. The van der Waals surface area contributed by atoms with E-state index in [1.165, 1.54) is 31.6 Å². The Hall–Kier alpha value is -1.19. The zero-order chi connectivity index (χ0) is 14.9. The van der Waals surface area contributed by atoms with Crippen molar-refractivity contribution in [3.8, 4) is 0 Å². The van der Waals surface area contributed by atoms with Gasteiger partial charge in [0.1, 0.15) is 5.78 Å². The quantitative estimate of drug-likeness (QED) is 0.857. The fourth-order valence-electron chi connectivity index (χ4n) is 4.70. The molecule has 1 aliphatic carbocycles. The summed E-state index contributed by atoms with van der Waals surface area (Å²) in [7, 11) is 0. The van der Waals surface area contributed by atoms with Crippen LogP contribution in [0, 0.1) is 11.8 Å². The molecule has 4 rings (SSSR count). The van der Waals surface area contributed by atoms with Gasteiger partial charge >= 0.3 is 0 Å². The highest BCUT2D eigenvalue weighted by Crippen LogP contribution is 2.35. The first-order valence-electron chi connectivity index (χ1n) is 8.82. The van der Waals surface area contributed by atoms with Gasteiger partial charge in [0.05, 0.1) is 6.04 Å². The minimum absolute atomic E-state index is 0.258. The van der Waals surface area contributed by atoms with E-state index >= 15 is 0 Å². The molecule has 22 heavy (non-hydrogen) atoms. The summed E-state index contributed by atoms with van der Waals surface area (Å²) in [5.74, 6) is 2.09. The lowest BCUT2D eigenvalue weighted by Gasteiger charge is -2.34. The minimum Gasteiger partial charge on any atom is -0.299 e. The van der Waals surface area contributed by atoms with Gasteiger partial charge in [-0.25, -0.2) is 0 Å². The summed E-state index contributed by atoms with van der Waals surface area (Å²) in [5.41, 5.74) is 1.42. The molecule has 118 valence electrons. The lowest BCUT2D eigenvalue weighted by atomic mass is 9.88. The Labute approximate surface area is 133 Å². The van der Waals surface area contributed by atoms with Gasteiger partial charge in [-0.05, 0) is 43.2 Å². The van der Waals surface area contributed by atoms with Crippen molar-refractivity contribution in [2.45, 2.75) is 38.3 Å². The monoisotopic (exact) mass is 298 g/mol. The van der Waals surface area contributed by atoms with Gasteiger partial charge in [0.15, 0.2) is 0 Å². The summed E-state index contributed by atoms with van der Waals surface area (Å²) < 4.78 is 0. The summed E-state index contributed by atoms with van der Waals surface area (Å²) in [6, 6.07) is 11.1. The minimum atomic E-state index is 0.258. The molecule has 2 aliphatic heterocycles. The number of benzene rings is 1. The van der Waals surface area contributed by atoms with Crippen molar-refractivity contribution in [3.05, 3.63) is 35.9 Å². The fourth-order valence-corrected chi connectivity index (χ4v) is 4.70. The number of carbonyl (C=O) groups excluding carboxylic acids is 1. The van der Waals surface area contributed by atoms with Gasteiger partial charge < -0.3 is 0 Å². The van der Waals surface area contributed by atoms with Crippen LogP contribution in [0.3, 0.4) is 0 Å². The molecule has 0 amide bonds. The van der Waals surface area contributed by atoms with Gasteiger partial charge in [0, 0.05) is 32.6 Å². The summed E-state index contributed by atoms with van der Waals surface area (Å²) in [5, 5.41) is 0. The summed E-state index contributed by atoms with van der Waals surface area (Å²) in [6.07, 6.45) is 4.33. The molecule has 3 fully saturated rings. The number of piperidine rings is 1. The van der Waals surface area contributed by atoms with Gasteiger partial charge in [-0.2, -0.15) is 0 Å². The number of nitrogens with zero attached hydrogens (tertiary/aromatic N) is 2. The highest BCUT2D eigenvalue weighted by Gasteiger charge is 2.41. The van der Waals surface area contributed by atoms with Crippen LogP contribution in [0.15, 0.2) is 30.3 Å². The Morgan fingerprint density at radius 3 is 2.59 bits per heavy atom. The first-order valence-corrected chi connectivity index (χ1v) is 8.82. The van der Waals surface area contributed by atoms with E-state index in [-0.39, 0.29) is 6.04 Å². The number of hydrogen-bond acceptors (Lipinski definition) is 3. The van der Waals surface area contributed by atoms with Crippen LogP contribution < -0.4 is 0 Å².